The van der Waals surface area contributed by atoms with Gasteiger partial charge in [-0.25, -0.2) is 4.79 Å². The van der Waals surface area contributed by atoms with Crippen molar-refractivity contribution >= 4 is 18.0 Å². The van der Waals surface area contributed by atoms with Gasteiger partial charge in [0.1, 0.15) is 0 Å². The van der Waals surface area contributed by atoms with E-state index in [2.05, 4.69) is 12.2 Å². The van der Waals surface area contributed by atoms with Crippen LogP contribution in [0.15, 0.2) is 24.3 Å². The summed E-state index contributed by atoms with van der Waals surface area (Å²) in [7, 11) is 0. The number of carbonyl (C=O) groups is 2. The van der Waals surface area contributed by atoms with Crippen LogP contribution in [0.3, 0.4) is 0 Å². The molecule has 2 N–H and O–H groups in total. The Hall–Kier alpha value is -2.10. The summed E-state index contributed by atoms with van der Waals surface area (Å²) < 4.78 is 0. The van der Waals surface area contributed by atoms with Crippen LogP contribution in [0, 0.1) is 6.92 Å². The number of carbonyl (C=O) groups excluding carboxylic acids is 1. The van der Waals surface area contributed by atoms with E-state index in [1.165, 1.54) is 6.08 Å². The predicted molar refractivity (Wildman–Crippen MR) is 84.3 cm³/mol. The molecule has 0 saturated carbocycles. The molecule has 1 amide bonds. The fourth-order valence-corrected chi connectivity index (χ4v) is 2.13. The highest BCUT2D eigenvalue weighted by Crippen LogP contribution is 2.16. The normalized spacial score (nSPS) is 12.3. The fourth-order valence-electron chi connectivity index (χ4n) is 2.13. The zero-order valence-corrected chi connectivity index (χ0v) is 12.8. The third kappa shape index (κ3) is 5.42. The largest absolute Gasteiger partial charge is 0.478 e. The lowest BCUT2D eigenvalue weighted by Gasteiger charge is -2.15. The first-order valence-corrected chi connectivity index (χ1v) is 7.27. The van der Waals surface area contributed by atoms with Gasteiger partial charge in [0.05, 0.1) is 0 Å². The van der Waals surface area contributed by atoms with Crippen LogP contribution < -0.4 is 5.32 Å². The van der Waals surface area contributed by atoms with Crippen LogP contribution in [0.5, 0.6) is 0 Å². The van der Waals surface area contributed by atoms with Crippen LogP contribution in [0.1, 0.15) is 54.6 Å². The van der Waals surface area contributed by atoms with Gasteiger partial charge in [-0.2, -0.15) is 0 Å². The number of hydrogen-bond acceptors (Lipinski definition) is 2. The van der Waals surface area contributed by atoms with Gasteiger partial charge in [0, 0.05) is 17.7 Å². The van der Waals surface area contributed by atoms with Gasteiger partial charge in [0.2, 0.25) is 0 Å². The molecule has 1 unspecified atom stereocenters. The zero-order chi connectivity index (χ0) is 15.8. The molecule has 0 aliphatic carbocycles. The smallest absolute Gasteiger partial charge is 0.328 e. The number of carboxylic acid groups (broad SMARTS) is 1. The number of nitrogens with one attached hydrogen (secondary N) is 1. The van der Waals surface area contributed by atoms with E-state index in [9.17, 15) is 9.59 Å². The maximum absolute atomic E-state index is 12.3. The molecule has 4 heteroatoms. The Bertz CT molecular complexity index is 535. The van der Waals surface area contributed by atoms with E-state index >= 15 is 0 Å². The minimum absolute atomic E-state index is 0.110. The summed E-state index contributed by atoms with van der Waals surface area (Å²) in [5, 5.41) is 11.7. The lowest BCUT2D eigenvalue weighted by Crippen LogP contribution is -2.33. The van der Waals surface area contributed by atoms with Crippen molar-refractivity contribution in [2.45, 2.75) is 46.1 Å². The molecule has 0 saturated heterocycles. The van der Waals surface area contributed by atoms with Gasteiger partial charge in [0.15, 0.2) is 0 Å². The summed E-state index contributed by atoms with van der Waals surface area (Å²) in [5.74, 6) is -1.11. The molecule has 1 aromatic rings. The van der Waals surface area contributed by atoms with Crippen molar-refractivity contribution in [3.63, 3.8) is 0 Å². The molecule has 0 aliphatic rings. The third-order valence-corrected chi connectivity index (χ3v) is 3.39. The topological polar surface area (TPSA) is 66.4 Å². The van der Waals surface area contributed by atoms with Gasteiger partial charge in [0.25, 0.3) is 5.91 Å². The van der Waals surface area contributed by atoms with Gasteiger partial charge in [-0.1, -0.05) is 31.9 Å². The van der Waals surface area contributed by atoms with Crippen LogP contribution in [0.25, 0.3) is 6.08 Å². The van der Waals surface area contributed by atoms with Crippen LogP contribution >= 0.6 is 0 Å². The number of unbranched alkanes of at least 4 members (excludes halogenated alkanes) is 1. The van der Waals surface area contributed by atoms with E-state index in [-0.39, 0.29) is 11.9 Å². The molecule has 4 nitrogen and oxygen atoms in total. The molecule has 0 bridgehead atoms. The molecule has 1 aromatic carbocycles. The van der Waals surface area contributed by atoms with Crippen molar-refractivity contribution in [3.05, 3.63) is 41.0 Å². The van der Waals surface area contributed by atoms with Crippen molar-refractivity contribution in [2.24, 2.45) is 0 Å². The Morgan fingerprint density at radius 2 is 2.10 bits per heavy atom. The van der Waals surface area contributed by atoms with Crippen molar-refractivity contribution in [3.8, 4) is 0 Å². The summed E-state index contributed by atoms with van der Waals surface area (Å²) in [6.45, 7) is 5.95. The molecule has 114 valence electrons. The quantitative estimate of drug-likeness (QED) is 0.756. The first kappa shape index (κ1) is 17.0. The molecule has 0 heterocycles. The Labute approximate surface area is 125 Å². The van der Waals surface area contributed by atoms with Crippen LogP contribution in [0.4, 0.5) is 0 Å². The average molecular weight is 289 g/mol. The Morgan fingerprint density at radius 1 is 1.38 bits per heavy atom. The third-order valence-electron chi connectivity index (χ3n) is 3.39. The lowest BCUT2D eigenvalue weighted by molar-refractivity contribution is -0.131. The first-order valence-electron chi connectivity index (χ1n) is 7.27. The minimum atomic E-state index is -1.00. The standard InChI is InChI=1S/C17H23NO3/c1-4-5-7-12(2)18-17(21)15-9-6-8-14(13(15)3)10-11-16(19)20/h6,8-12H,4-5,7H2,1-3H3,(H,18,21)(H,19,20). The summed E-state index contributed by atoms with van der Waals surface area (Å²) in [4.78, 5) is 22.9. The number of amides is 1. The van der Waals surface area contributed by atoms with E-state index < -0.39 is 5.97 Å². The van der Waals surface area contributed by atoms with Crippen LogP contribution in [-0.2, 0) is 4.79 Å². The highest BCUT2D eigenvalue weighted by Gasteiger charge is 2.13. The van der Waals surface area contributed by atoms with E-state index in [1.807, 2.05) is 13.8 Å². The monoisotopic (exact) mass is 289 g/mol. The van der Waals surface area contributed by atoms with E-state index in [1.54, 1.807) is 18.2 Å². The molecule has 21 heavy (non-hydrogen) atoms. The van der Waals surface area contributed by atoms with Crippen LogP contribution in [0.2, 0.25) is 0 Å². The summed E-state index contributed by atoms with van der Waals surface area (Å²) in [6.07, 6.45) is 5.74. The van der Waals surface area contributed by atoms with Gasteiger partial charge in [-0.3, -0.25) is 4.79 Å². The first-order chi connectivity index (χ1) is 9.95. The maximum atomic E-state index is 12.3. The predicted octanol–water partition coefficient (Wildman–Crippen LogP) is 3.40. The molecule has 1 atom stereocenters. The van der Waals surface area contributed by atoms with Crippen molar-refractivity contribution in [1.82, 2.24) is 5.32 Å². The van der Waals surface area contributed by atoms with Crippen molar-refractivity contribution in [2.75, 3.05) is 0 Å². The molecule has 0 aliphatic heterocycles. The molecule has 0 radical (unpaired) electrons. The van der Waals surface area contributed by atoms with Crippen molar-refractivity contribution < 1.29 is 14.7 Å². The molecule has 1 rings (SSSR count). The number of aliphatic carboxylic acids is 1. The van der Waals surface area contributed by atoms with Crippen LogP contribution in [-0.4, -0.2) is 23.0 Å². The maximum Gasteiger partial charge on any atom is 0.328 e. The molecular weight excluding hydrogens is 266 g/mol. The Kier molecular flexibility index (Phi) is 6.66. The molecule has 0 fully saturated rings. The second kappa shape index (κ2) is 8.25. The Balaban J connectivity index is 2.85. The number of carboxylic acids is 1. The second-order valence-corrected chi connectivity index (χ2v) is 5.21. The average Bonchev–Trinajstić information content (AvgIpc) is 2.43. The summed E-state index contributed by atoms with van der Waals surface area (Å²) in [6, 6.07) is 5.46. The van der Waals surface area contributed by atoms with Gasteiger partial charge >= 0.3 is 5.97 Å². The summed E-state index contributed by atoms with van der Waals surface area (Å²) >= 11 is 0. The van der Waals surface area contributed by atoms with Crippen molar-refractivity contribution in [1.29, 1.82) is 0 Å². The number of hydrogen-bond donors (Lipinski definition) is 2. The van der Waals surface area contributed by atoms with Gasteiger partial charge in [-0.05, 0) is 43.5 Å². The van der Waals surface area contributed by atoms with Gasteiger partial charge in [-0.15, -0.1) is 0 Å². The Morgan fingerprint density at radius 3 is 2.71 bits per heavy atom. The fraction of sp³-hybridized carbons (Fsp3) is 0.412. The highest BCUT2D eigenvalue weighted by atomic mass is 16.4. The van der Waals surface area contributed by atoms with E-state index in [0.717, 1.165) is 36.5 Å². The van der Waals surface area contributed by atoms with E-state index in [0.29, 0.717) is 5.56 Å². The van der Waals surface area contributed by atoms with Gasteiger partial charge < -0.3 is 10.4 Å². The molecular formula is C17H23NO3. The van der Waals surface area contributed by atoms with E-state index in [4.69, 9.17) is 5.11 Å². The SMILES string of the molecule is CCCCC(C)NC(=O)c1cccc(C=CC(=O)O)c1C. The zero-order valence-electron chi connectivity index (χ0n) is 12.8. The number of benzene rings is 1. The second-order valence-electron chi connectivity index (χ2n) is 5.21. The summed E-state index contributed by atoms with van der Waals surface area (Å²) in [5.41, 5.74) is 2.12. The molecule has 0 aromatic heterocycles. The number of rotatable bonds is 7. The highest BCUT2D eigenvalue weighted by molar-refractivity contribution is 5.97. The lowest BCUT2D eigenvalue weighted by atomic mass is 10.0. The minimum Gasteiger partial charge on any atom is -0.478 e. The molecule has 0 spiro atoms.